The van der Waals surface area contributed by atoms with Crippen LogP contribution in [0.25, 0.3) is 0 Å². The van der Waals surface area contributed by atoms with Crippen LogP contribution in [0.1, 0.15) is 31.4 Å². The van der Waals surface area contributed by atoms with Crippen molar-refractivity contribution in [1.82, 2.24) is 5.32 Å². The van der Waals surface area contributed by atoms with Crippen LogP contribution < -0.4 is 5.32 Å². The van der Waals surface area contributed by atoms with Gasteiger partial charge in [0.25, 0.3) is 0 Å². The molecule has 2 nitrogen and oxygen atoms in total. The van der Waals surface area contributed by atoms with Gasteiger partial charge < -0.3 is 10.4 Å². The molecule has 1 aromatic carbocycles. The predicted octanol–water partition coefficient (Wildman–Crippen LogP) is 2.91. The number of benzene rings is 1. The SMILES string of the molecule is Cc1ccc(CNCC(O)CC(C)C)cc1.Cl. The zero-order valence-electron chi connectivity index (χ0n) is 10.9. The first-order chi connectivity index (χ1) is 7.58. The first-order valence-corrected chi connectivity index (χ1v) is 6.02. The Kier molecular flexibility index (Phi) is 8.23. The average molecular weight is 258 g/mol. The summed E-state index contributed by atoms with van der Waals surface area (Å²) in [4.78, 5) is 0. The summed E-state index contributed by atoms with van der Waals surface area (Å²) in [6.45, 7) is 7.84. The minimum Gasteiger partial charge on any atom is -0.392 e. The topological polar surface area (TPSA) is 32.3 Å². The molecule has 0 saturated heterocycles. The van der Waals surface area contributed by atoms with Crippen molar-refractivity contribution < 1.29 is 5.11 Å². The third-order valence-corrected chi connectivity index (χ3v) is 2.57. The fraction of sp³-hybridized carbons (Fsp3) is 0.571. The van der Waals surface area contributed by atoms with E-state index in [1.165, 1.54) is 11.1 Å². The molecule has 1 unspecified atom stereocenters. The van der Waals surface area contributed by atoms with Gasteiger partial charge in [0, 0.05) is 13.1 Å². The fourth-order valence-electron chi connectivity index (χ4n) is 1.72. The van der Waals surface area contributed by atoms with E-state index >= 15 is 0 Å². The Labute approximate surface area is 111 Å². The van der Waals surface area contributed by atoms with Crippen LogP contribution in [0, 0.1) is 12.8 Å². The third kappa shape index (κ3) is 7.37. The van der Waals surface area contributed by atoms with Gasteiger partial charge in [-0.1, -0.05) is 43.7 Å². The van der Waals surface area contributed by atoms with Gasteiger partial charge in [-0.3, -0.25) is 0 Å². The van der Waals surface area contributed by atoms with Gasteiger partial charge in [-0.05, 0) is 24.8 Å². The molecule has 0 fully saturated rings. The molecule has 1 rings (SSSR count). The molecule has 98 valence electrons. The highest BCUT2D eigenvalue weighted by Gasteiger charge is 2.05. The Morgan fingerprint density at radius 2 is 1.76 bits per heavy atom. The molecule has 0 amide bonds. The van der Waals surface area contributed by atoms with Crippen LogP contribution in [-0.2, 0) is 6.54 Å². The van der Waals surface area contributed by atoms with Crippen molar-refractivity contribution in [2.45, 2.75) is 39.8 Å². The number of hydrogen-bond acceptors (Lipinski definition) is 2. The lowest BCUT2D eigenvalue weighted by atomic mass is 10.1. The van der Waals surface area contributed by atoms with E-state index in [2.05, 4.69) is 50.4 Å². The van der Waals surface area contributed by atoms with Crippen LogP contribution in [0.4, 0.5) is 0 Å². The van der Waals surface area contributed by atoms with Gasteiger partial charge in [0.1, 0.15) is 0 Å². The van der Waals surface area contributed by atoms with Crippen molar-refractivity contribution in [1.29, 1.82) is 0 Å². The van der Waals surface area contributed by atoms with Gasteiger partial charge in [-0.15, -0.1) is 12.4 Å². The molecule has 0 aliphatic carbocycles. The molecule has 0 aliphatic rings. The fourth-order valence-corrected chi connectivity index (χ4v) is 1.72. The number of nitrogens with one attached hydrogen (secondary N) is 1. The summed E-state index contributed by atoms with van der Waals surface area (Å²) in [7, 11) is 0. The molecule has 0 heterocycles. The zero-order chi connectivity index (χ0) is 12.0. The predicted molar refractivity (Wildman–Crippen MR) is 75.6 cm³/mol. The van der Waals surface area contributed by atoms with E-state index in [1.54, 1.807) is 0 Å². The second-order valence-corrected chi connectivity index (χ2v) is 4.90. The highest BCUT2D eigenvalue weighted by molar-refractivity contribution is 5.85. The molecular weight excluding hydrogens is 234 g/mol. The molecular formula is C14H24ClNO. The lowest BCUT2D eigenvalue weighted by Gasteiger charge is -2.13. The maximum absolute atomic E-state index is 9.68. The van der Waals surface area contributed by atoms with E-state index in [0.29, 0.717) is 12.5 Å². The minimum absolute atomic E-state index is 0. The van der Waals surface area contributed by atoms with Gasteiger partial charge >= 0.3 is 0 Å². The standard InChI is InChI=1S/C14H23NO.ClH/c1-11(2)8-14(16)10-15-9-13-6-4-12(3)5-7-13;/h4-7,11,14-16H,8-10H2,1-3H3;1H. The number of rotatable bonds is 6. The van der Waals surface area contributed by atoms with Gasteiger partial charge in [0.15, 0.2) is 0 Å². The first kappa shape index (κ1) is 16.4. The van der Waals surface area contributed by atoms with Gasteiger partial charge in [-0.25, -0.2) is 0 Å². The number of halogens is 1. The van der Waals surface area contributed by atoms with E-state index in [1.807, 2.05) is 0 Å². The van der Waals surface area contributed by atoms with Gasteiger partial charge in [0.05, 0.1) is 6.10 Å². The van der Waals surface area contributed by atoms with E-state index < -0.39 is 0 Å². The van der Waals surface area contributed by atoms with E-state index in [-0.39, 0.29) is 18.5 Å². The van der Waals surface area contributed by atoms with Crippen molar-refractivity contribution in [3.8, 4) is 0 Å². The maximum atomic E-state index is 9.68. The number of hydrogen-bond donors (Lipinski definition) is 2. The minimum atomic E-state index is -0.231. The Morgan fingerprint density at radius 3 is 2.29 bits per heavy atom. The summed E-state index contributed by atoms with van der Waals surface area (Å²) in [5, 5.41) is 13.0. The van der Waals surface area contributed by atoms with Crippen molar-refractivity contribution in [3.63, 3.8) is 0 Å². The lowest BCUT2D eigenvalue weighted by molar-refractivity contribution is 0.146. The van der Waals surface area contributed by atoms with Crippen LogP contribution in [-0.4, -0.2) is 17.8 Å². The monoisotopic (exact) mass is 257 g/mol. The summed E-state index contributed by atoms with van der Waals surface area (Å²) >= 11 is 0. The van der Waals surface area contributed by atoms with E-state index in [0.717, 1.165) is 13.0 Å². The van der Waals surface area contributed by atoms with Crippen molar-refractivity contribution in [2.24, 2.45) is 5.92 Å². The van der Waals surface area contributed by atoms with Gasteiger partial charge in [-0.2, -0.15) is 0 Å². The van der Waals surface area contributed by atoms with Crippen LogP contribution in [0.3, 0.4) is 0 Å². The molecule has 0 saturated carbocycles. The second-order valence-electron chi connectivity index (χ2n) is 4.90. The molecule has 0 spiro atoms. The van der Waals surface area contributed by atoms with Crippen LogP contribution in [0.5, 0.6) is 0 Å². The van der Waals surface area contributed by atoms with Crippen LogP contribution in [0.2, 0.25) is 0 Å². The summed E-state index contributed by atoms with van der Waals surface area (Å²) in [5.74, 6) is 0.552. The summed E-state index contributed by atoms with van der Waals surface area (Å²) in [6.07, 6.45) is 0.631. The Balaban J connectivity index is 0.00000256. The summed E-state index contributed by atoms with van der Waals surface area (Å²) in [6, 6.07) is 8.47. The third-order valence-electron chi connectivity index (χ3n) is 2.57. The summed E-state index contributed by atoms with van der Waals surface area (Å²) in [5.41, 5.74) is 2.55. The molecule has 0 bridgehead atoms. The number of aliphatic hydroxyl groups excluding tert-OH is 1. The molecule has 0 aliphatic heterocycles. The van der Waals surface area contributed by atoms with Crippen molar-refractivity contribution in [3.05, 3.63) is 35.4 Å². The summed E-state index contributed by atoms with van der Waals surface area (Å²) < 4.78 is 0. The average Bonchev–Trinajstić information content (AvgIpc) is 2.20. The normalized spacial score (nSPS) is 12.3. The van der Waals surface area contributed by atoms with Crippen molar-refractivity contribution >= 4 is 12.4 Å². The Morgan fingerprint density at radius 1 is 1.18 bits per heavy atom. The smallest absolute Gasteiger partial charge is 0.0667 e. The zero-order valence-corrected chi connectivity index (χ0v) is 11.8. The van der Waals surface area contributed by atoms with Crippen molar-refractivity contribution in [2.75, 3.05) is 6.54 Å². The Hall–Kier alpha value is -0.570. The quantitative estimate of drug-likeness (QED) is 0.821. The van der Waals surface area contributed by atoms with Crippen LogP contribution >= 0.6 is 12.4 Å². The van der Waals surface area contributed by atoms with Gasteiger partial charge in [0.2, 0.25) is 0 Å². The molecule has 1 atom stereocenters. The Bertz CT molecular complexity index is 298. The maximum Gasteiger partial charge on any atom is 0.0667 e. The number of aryl methyl sites for hydroxylation is 1. The molecule has 0 aromatic heterocycles. The molecule has 17 heavy (non-hydrogen) atoms. The van der Waals surface area contributed by atoms with E-state index in [9.17, 15) is 5.11 Å². The number of aliphatic hydroxyl groups is 1. The second kappa shape index (κ2) is 8.51. The molecule has 3 heteroatoms. The molecule has 1 aromatic rings. The highest BCUT2D eigenvalue weighted by Crippen LogP contribution is 2.05. The van der Waals surface area contributed by atoms with Crippen LogP contribution in [0.15, 0.2) is 24.3 Å². The molecule has 2 N–H and O–H groups in total. The highest BCUT2D eigenvalue weighted by atomic mass is 35.5. The largest absolute Gasteiger partial charge is 0.392 e. The van der Waals surface area contributed by atoms with E-state index in [4.69, 9.17) is 0 Å². The first-order valence-electron chi connectivity index (χ1n) is 6.02. The molecule has 0 radical (unpaired) electrons. The lowest BCUT2D eigenvalue weighted by Crippen LogP contribution is -2.27.